The van der Waals surface area contributed by atoms with E-state index in [1.165, 1.54) is 12.0 Å². The van der Waals surface area contributed by atoms with Crippen LogP contribution in [0.4, 0.5) is 0 Å². The topological polar surface area (TPSA) is 36.9 Å². The van der Waals surface area contributed by atoms with E-state index >= 15 is 0 Å². The first-order chi connectivity index (χ1) is 10.3. The molecule has 122 valence electrons. The number of ether oxygens (including phenoxy) is 1. The van der Waals surface area contributed by atoms with Crippen molar-refractivity contribution in [3.8, 4) is 0 Å². The lowest BCUT2D eigenvalue weighted by Gasteiger charge is -2.24. The quantitative estimate of drug-likeness (QED) is 0.467. The molecule has 0 radical (unpaired) electrons. The van der Waals surface area contributed by atoms with Crippen molar-refractivity contribution < 1.29 is 4.74 Å². The van der Waals surface area contributed by atoms with Crippen LogP contribution < -0.4 is 5.32 Å². The molecule has 1 N–H and O–H groups in total. The summed E-state index contributed by atoms with van der Waals surface area (Å²) in [6.07, 6.45) is 2.36. The molecule has 4 nitrogen and oxygen atoms in total. The molecule has 3 unspecified atom stereocenters. The SMILES string of the molecule is CN=C(NC1CC1c1ccccc1)N(C)CC1CCOC1.I. The van der Waals surface area contributed by atoms with Gasteiger partial charge in [-0.15, -0.1) is 24.0 Å². The minimum absolute atomic E-state index is 0. The lowest BCUT2D eigenvalue weighted by atomic mass is 10.1. The van der Waals surface area contributed by atoms with Gasteiger partial charge >= 0.3 is 0 Å². The summed E-state index contributed by atoms with van der Waals surface area (Å²) in [4.78, 5) is 6.66. The minimum Gasteiger partial charge on any atom is -0.381 e. The van der Waals surface area contributed by atoms with E-state index in [1.807, 2.05) is 7.05 Å². The summed E-state index contributed by atoms with van der Waals surface area (Å²) < 4.78 is 5.45. The fourth-order valence-corrected chi connectivity index (χ4v) is 3.14. The largest absolute Gasteiger partial charge is 0.381 e. The molecule has 1 aromatic rings. The molecule has 0 spiro atoms. The van der Waals surface area contributed by atoms with Crippen LogP contribution in [0.2, 0.25) is 0 Å². The molecule has 0 amide bonds. The molecule has 3 rings (SSSR count). The van der Waals surface area contributed by atoms with E-state index in [0.29, 0.717) is 17.9 Å². The Morgan fingerprint density at radius 3 is 2.77 bits per heavy atom. The first kappa shape index (κ1) is 17.5. The molecule has 2 aliphatic rings. The summed E-state index contributed by atoms with van der Waals surface area (Å²) in [7, 11) is 3.98. The van der Waals surface area contributed by atoms with Crippen LogP contribution in [0.15, 0.2) is 35.3 Å². The molecule has 5 heteroatoms. The maximum absolute atomic E-state index is 5.45. The van der Waals surface area contributed by atoms with Gasteiger partial charge in [0.25, 0.3) is 0 Å². The molecule has 1 aliphatic carbocycles. The van der Waals surface area contributed by atoms with Gasteiger partial charge in [0.1, 0.15) is 0 Å². The predicted octanol–water partition coefficient (Wildman–Crippen LogP) is 2.70. The Kier molecular flexibility index (Phi) is 6.50. The zero-order valence-electron chi connectivity index (χ0n) is 13.4. The summed E-state index contributed by atoms with van der Waals surface area (Å²) >= 11 is 0. The van der Waals surface area contributed by atoms with Crippen molar-refractivity contribution >= 4 is 29.9 Å². The number of guanidine groups is 1. The van der Waals surface area contributed by atoms with Gasteiger partial charge in [-0.25, -0.2) is 0 Å². The van der Waals surface area contributed by atoms with Crippen molar-refractivity contribution in [3.63, 3.8) is 0 Å². The molecule has 1 saturated carbocycles. The van der Waals surface area contributed by atoms with E-state index in [0.717, 1.165) is 32.1 Å². The number of hydrogen-bond donors (Lipinski definition) is 1. The Labute approximate surface area is 150 Å². The number of aliphatic imine (C=N–C) groups is 1. The monoisotopic (exact) mass is 415 g/mol. The normalized spacial score (nSPS) is 27.2. The van der Waals surface area contributed by atoms with Crippen molar-refractivity contribution in [1.82, 2.24) is 10.2 Å². The molecule has 1 heterocycles. The molecule has 2 fully saturated rings. The van der Waals surface area contributed by atoms with Gasteiger partial charge in [-0.05, 0) is 18.4 Å². The van der Waals surface area contributed by atoms with Crippen molar-refractivity contribution in [2.24, 2.45) is 10.9 Å². The van der Waals surface area contributed by atoms with E-state index in [9.17, 15) is 0 Å². The number of rotatable bonds is 4. The Hall–Kier alpha value is -0.820. The van der Waals surface area contributed by atoms with Crippen LogP contribution in [0, 0.1) is 5.92 Å². The maximum atomic E-state index is 5.45. The van der Waals surface area contributed by atoms with Crippen molar-refractivity contribution in [3.05, 3.63) is 35.9 Å². The molecular weight excluding hydrogens is 389 g/mol. The molecule has 1 aliphatic heterocycles. The molecule has 1 aromatic carbocycles. The van der Waals surface area contributed by atoms with Crippen molar-refractivity contribution in [2.75, 3.05) is 33.9 Å². The maximum Gasteiger partial charge on any atom is 0.193 e. The Balaban J connectivity index is 0.00000176. The van der Waals surface area contributed by atoms with E-state index < -0.39 is 0 Å². The average molecular weight is 415 g/mol. The van der Waals surface area contributed by atoms with Gasteiger partial charge in [-0.2, -0.15) is 0 Å². The molecule has 1 saturated heterocycles. The first-order valence-electron chi connectivity index (χ1n) is 7.85. The van der Waals surface area contributed by atoms with Gasteiger partial charge in [-0.3, -0.25) is 4.99 Å². The van der Waals surface area contributed by atoms with Crippen LogP contribution in [-0.2, 0) is 4.74 Å². The Morgan fingerprint density at radius 2 is 2.14 bits per heavy atom. The molecule has 0 aromatic heterocycles. The van der Waals surface area contributed by atoms with Gasteiger partial charge in [-0.1, -0.05) is 30.3 Å². The fourth-order valence-electron chi connectivity index (χ4n) is 3.14. The third-order valence-electron chi connectivity index (χ3n) is 4.46. The summed E-state index contributed by atoms with van der Waals surface area (Å²) in [6, 6.07) is 11.3. The third kappa shape index (κ3) is 4.35. The number of halogens is 1. The molecule has 0 bridgehead atoms. The number of hydrogen-bond acceptors (Lipinski definition) is 2. The molecular formula is C17H26IN3O. The third-order valence-corrected chi connectivity index (χ3v) is 4.46. The highest BCUT2D eigenvalue weighted by Gasteiger charge is 2.39. The van der Waals surface area contributed by atoms with Crippen LogP contribution in [0.3, 0.4) is 0 Å². The van der Waals surface area contributed by atoms with E-state index in [1.54, 1.807) is 0 Å². The van der Waals surface area contributed by atoms with Crippen LogP contribution in [0.1, 0.15) is 24.3 Å². The highest BCUT2D eigenvalue weighted by Crippen LogP contribution is 2.40. The second kappa shape index (κ2) is 8.15. The Bertz CT molecular complexity index is 488. The first-order valence-corrected chi connectivity index (χ1v) is 7.85. The predicted molar refractivity (Wildman–Crippen MR) is 101 cm³/mol. The molecule has 3 atom stereocenters. The van der Waals surface area contributed by atoms with Crippen LogP contribution >= 0.6 is 24.0 Å². The van der Waals surface area contributed by atoms with Gasteiger partial charge in [0.15, 0.2) is 5.96 Å². The van der Waals surface area contributed by atoms with Gasteiger partial charge in [0, 0.05) is 45.1 Å². The van der Waals surface area contributed by atoms with Crippen LogP contribution in [-0.4, -0.2) is 50.8 Å². The van der Waals surface area contributed by atoms with Crippen molar-refractivity contribution in [2.45, 2.75) is 24.8 Å². The average Bonchev–Trinajstić information content (AvgIpc) is 3.11. The lowest BCUT2D eigenvalue weighted by Crippen LogP contribution is -2.42. The van der Waals surface area contributed by atoms with E-state index in [4.69, 9.17) is 4.74 Å². The smallest absolute Gasteiger partial charge is 0.193 e. The summed E-state index contributed by atoms with van der Waals surface area (Å²) in [5.41, 5.74) is 1.43. The lowest BCUT2D eigenvalue weighted by molar-refractivity contribution is 0.181. The zero-order chi connectivity index (χ0) is 14.7. The second-order valence-electron chi connectivity index (χ2n) is 6.16. The van der Waals surface area contributed by atoms with Crippen molar-refractivity contribution in [1.29, 1.82) is 0 Å². The standard InChI is InChI=1S/C17H25N3O.HI/c1-18-17(20(2)11-13-8-9-21-12-13)19-16-10-15(16)14-6-4-3-5-7-14;/h3-7,13,15-16H,8-12H2,1-2H3,(H,18,19);1H. The number of nitrogens with zero attached hydrogens (tertiary/aromatic N) is 2. The second-order valence-corrected chi connectivity index (χ2v) is 6.16. The minimum atomic E-state index is 0. The summed E-state index contributed by atoms with van der Waals surface area (Å²) in [5.74, 6) is 2.27. The van der Waals surface area contributed by atoms with Crippen LogP contribution in [0.25, 0.3) is 0 Å². The van der Waals surface area contributed by atoms with E-state index in [-0.39, 0.29) is 24.0 Å². The van der Waals surface area contributed by atoms with Gasteiger partial charge < -0.3 is 15.0 Å². The highest BCUT2D eigenvalue weighted by atomic mass is 127. The van der Waals surface area contributed by atoms with Gasteiger partial charge in [0.05, 0.1) is 6.61 Å². The van der Waals surface area contributed by atoms with Gasteiger partial charge in [0.2, 0.25) is 0 Å². The Morgan fingerprint density at radius 1 is 1.36 bits per heavy atom. The fraction of sp³-hybridized carbons (Fsp3) is 0.588. The van der Waals surface area contributed by atoms with Crippen LogP contribution in [0.5, 0.6) is 0 Å². The van der Waals surface area contributed by atoms with E-state index in [2.05, 4.69) is 52.6 Å². The summed E-state index contributed by atoms with van der Waals surface area (Å²) in [6.45, 7) is 2.81. The molecule has 22 heavy (non-hydrogen) atoms. The number of nitrogens with one attached hydrogen (secondary N) is 1. The number of benzene rings is 1. The summed E-state index contributed by atoms with van der Waals surface area (Å²) in [5, 5.41) is 3.60. The zero-order valence-corrected chi connectivity index (χ0v) is 15.7. The highest BCUT2D eigenvalue weighted by molar-refractivity contribution is 14.0.